The molecule has 1 aliphatic rings. The van der Waals surface area contributed by atoms with Gasteiger partial charge in [0.15, 0.2) is 0 Å². The molecule has 1 aliphatic carbocycles. The fourth-order valence-electron chi connectivity index (χ4n) is 3.73. The number of fused-ring (bicyclic) bond motifs is 1. The highest BCUT2D eigenvalue weighted by atomic mass is 35.5. The summed E-state index contributed by atoms with van der Waals surface area (Å²) in [5.41, 5.74) is 15.9. The number of carbonyl (C=O) groups is 1. The summed E-state index contributed by atoms with van der Waals surface area (Å²) >= 11 is 6.43. The molecule has 7 heteroatoms. The molecule has 1 amide bonds. The fourth-order valence-corrected chi connectivity index (χ4v) is 3.93. The summed E-state index contributed by atoms with van der Waals surface area (Å²) in [5.74, 6) is -0.345. The zero-order valence-electron chi connectivity index (χ0n) is 14.7. The number of primary amides is 1. The Balaban J connectivity index is 1.93. The molecule has 4 N–H and O–H groups in total. The molecule has 1 aromatic carbocycles. The van der Waals surface area contributed by atoms with Crippen LogP contribution in [0.3, 0.4) is 0 Å². The highest BCUT2D eigenvalue weighted by Crippen LogP contribution is 2.44. The molecule has 4 rings (SSSR count). The van der Waals surface area contributed by atoms with Crippen LogP contribution in [-0.4, -0.2) is 15.5 Å². The minimum Gasteiger partial charge on any atom is -0.396 e. The fraction of sp³-hybridized carbons (Fsp3) is 0.250. The van der Waals surface area contributed by atoms with Crippen LogP contribution in [-0.2, 0) is 4.79 Å². The first-order valence-electron chi connectivity index (χ1n) is 8.64. The number of halogens is 1. The van der Waals surface area contributed by atoms with Gasteiger partial charge in [-0.3, -0.25) is 9.78 Å². The monoisotopic (exact) mass is 379 g/mol. The van der Waals surface area contributed by atoms with Gasteiger partial charge in [-0.25, -0.2) is 0 Å². The van der Waals surface area contributed by atoms with Crippen molar-refractivity contribution in [2.75, 3.05) is 5.73 Å². The van der Waals surface area contributed by atoms with Crippen LogP contribution >= 0.6 is 11.6 Å². The summed E-state index contributed by atoms with van der Waals surface area (Å²) in [6.45, 7) is 1.91. The van der Waals surface area contributed by atoms with E-state index in [2.05, 4.69) is 15.6 Å². The molecule has 136 valence electrons. The molecule has 0 spiro atoms. The highest BCUT2D eigenvalue weighted by molar-refractivity contribution is 6.36. The predicted molar refractivity (Wildman–Crippen MR) is 105 cm³/mol. The maximum Gasteiger partial charge on any atom is 0.220 e. The van der Waals surface area contributed by atoms with E-state index in [9.17, 15) is 10.1 Å². The highest BCUT2D eigenvalue weighted by Gasteiger charge is 2.35. The Hall–Kier alpha value is -3.04. The topological polar surface area (TPSA) is 111 Å². The number of rotatable bonds is 3. The number of anilines is 1. The molecule has 2 aromatic heterocycles. The van der Waals surface area contributed by atoms with E-state index in [0.29, 0.717) is 29.1 Å². The third-order valence-corrected chi connectivity index (χ3v) is 5.83. The van der Waals surface area contributed by atoms with Crippen molar-refractivity contribution in [2.24, 2.45) is 11.7 Å². The minimum absolute atomic E-state index is 0.0898. The van der Waals surface area contributed by atoms with Gasteiger partial charge in [0.2, 0.25) is 5.91 Å². The van der Waals surface area contributed by atoms with Crippen molar-refractivity contribution in [2.45, 2.75) is 25.8 Å². The van der Waals surface area contributed by atoms with Gasteiger partial charge in [0.05, 0.1) is 28.5 Å². The molecule has 0 unspecified atom stereocenters. The van der Waals surface area contributed by atoms with Crippen molar-refractivity contribution < 1.29 is 4.79 Å². The molecule has 1 fully saturated rings. The molecule has 6 nitrogen and oxygen atoms in total. The molecular formula is C20H18ClN5O. The first-order valence-corrected chi connectivity index (χ1v) is 9.02. The van der Waals surface area contributed by atoms with E-state index < -0.39 is 0 Å². The number of nitrogens with two attached hydrogens (primary N) is 2. The lowest BCUT2D eigenvalue weighted by Crippen LogP contribution is -2.36. The third kappa shape index (κ3) is 2.71. The van der Waals surface area contributed by atoms with E-state index in [1.54, 1.807) is 6.20 Å². The van der Waals surface area contributed by atoms with Gasteiger partial charge in [-0.15, -0.1) is 0 Å². The number of benzene rings is 1. The van der Waals surface area contributed by atoms with Crippen molar-refractivity contribution in [3.63, 3.8) is 0 Å². The number of aryl methyl sites for hydroxylation is 1. The average Bonchev–Trinajstić information content (AvgIpc) is 2.93. The number of nitrogen functional groups attached to an aromatic ring is 1. The zero-order valence-corrected chi connectivity index (χ0v) is 15.5. The standard InChI is InChI=1S/C20H18ClN5O/c1-10-2-18-14(5-12(10)6-22)16(15-7-25-8-17(23)19(15)21)9-26(18)13-3-11(4-13)20(24)27/h2,5,7-9,11,13H,3-4,23H2,1H3,(H2,24,27). The van der Waals surface area contributed by atoms with Crippen LogP contribution < -0.4 is 11.5 Å². The van der Waals surface area contributed by atoms with Gasteiger partial charge in [0.1, 0.15) is 0 Å². The lowest BCUT2D eigenvalue weighted by molar-refractivity contribution is -0.125. The number of carbonyl (C=O) groups excluding carboxylic acids is 1. The summed E-state index contributed by atoms with van der Waals surface area (Å²) in [7, 11) is 0. The van der Waals surface area contributed by atoms with Crippen molar-refractivity contribution in [3.8, 4) is 17.2 Å². The Morgan fingerprint density at radius 1 is 1.33 bits per heavy atom. The molecule has 0 saturated heterocycles. The van der Waals surface area contributed by atoms with Gasteiger partial charge in [-0.1, -0.05) is 11.6 Å². The van der Waals surface area contributed by atoms with Crippen molar-refractivity contribution in [1.29, 1.82) is 5.26 Å². The predicted octanol–water partition coefficient (Wildman–Crippen LogP) is 3.56. The molecule has 0 radical (unpaired) electrons. The summed E-state index contributed by atoms with van der Waals surface area (Å²) in [4.78, 5) is 15.6. The van der Waals surface area contributed by atoms with Gasteiger partial charge in [0, 0.05) is 46.4 Å². The summed E-state index contributed by atoms with van der Waals surface area (Å²) in [5, 5.41) is 10.8. The SMILES string of the molecule is Cc1cc2c(cc1C#N)c(-c1cncc(N)c1Cl)cn2C1CC(C(N)=O)C1. The number of aromatic nitrogens is 2. The van der Waals surface area contributed by atoms with Crippen LogP contribution in [0.15, 0.2) is 30.7 Å². The van der Waals surface area contributed by atoms with Crippen molar-refractivity contribution in [1.82, 2.24) is 9.55 Å². The lowest BCUT2D eigenvalue weighted by atomic mass is 9.79. The number of hydrogen-bond acceptors (Lipinski definition) is 4. The molecular weight excluding hydrogens is 362 g/mol. The number of hydrogen-bond donors (Lipinski definition) is 2. The van der Waals surface area contributed by atoms with E-state index in [1.807, 2.05) is 25.3 Å². The number of amides is 1. The molecule has 0 bridgehead atoms. The second-order valence-electron chi connectivity index (χ2n) is 7.06. The third-order valence-electron chi connectivity index (χ3n) is 5.41. The molecule has 0 atom stereocenters. The smallest absolute Gasteiger partial charge is 0.220 e. The average molecular weight is 380 g/mol. The normalized spacial score (nSPS) is 18.9. The molecule has 2 heterocycles. The second-order valence-corrected chi connectivity index (χ2v) is 7.44. The second kappa shape index (κ2) is 6.29. The molecule has 27 heavy (non-hydrogen) atoms. The minimum atomic E-state index is -0.256. The number of nitriles is 1. The molecule has 3 aromatic rings. The lowest BCUT2D eigenvalue weighted by Gasteiger charge is -2.34. The summed E-state index contributed by atoms with van der Waals surface area (Å²) in [6, 6.07) is 6.29. The van der Waals surface area contributed by atoms with E-state index in [-0.39, 0.29) is 17.9 Å². The van der Waals surface area contributed by atoms with Gasteiger partial charge in [-0.05, 0) is 37.5 Å². The van der Waals surface area contributed by atoms with Crippen molar-refractivity contribution in [3.05, 3.63) is 46.9 Å². The Morgan fingerprint density at radius 3 is 2.74 bits per heavy atom. The van der Waals surface area contributed by atoms with Gasteiger partial charge in [0.25, 0.3) is 0 Å². The Bertz CT molecular complexity index is 1120. The maximum atomic E-state index is 11.4. The van der Waals surface area contributed by atoms with E-state index in [4.69, 9.17) is 23.1 Å². The van der Waals surface area contributed by atoms with E-state index in [0.717, 1.165) is 27.6 Å². The van der Waals surface area contributed by atoms with Crippen LogP contribution in [0, 0.1) is 24.2 Å². The summed E-state index contributed by atoms with van der Waals surface area (Å²) in [6.07, 6.45) is 6.62. The zero-order chi connectivity index (χ0) is 19.3. The Morgan fingerprint density at radius 2 is 2.07 bits per heavy atom. The van der Waals surface area contributed by atoms with Crippen LogP contribution in [0.4, 0.5) is 5.69 Å². The Kier molecular flexibility index (Phi) is 4.05. The first-order chi connectivity index (χ1) is 12.9. The molecule has 1 saturated carbocycles. The van der Waals surface area contributed by atoms with Gasteiger partial charge < -0.3 is 16.0 Å². The number of nitrogens with zero attached hydrogens (tertiary/aromatic N) is 3. The summed E-state index contributed by atoms with van der Waals surface area (Å²) < 4.78 is 2.15. The van der Waals surface area contributed by atoms with Crippen LogP contribution in [0.1, 0.15) is 30.0 Å². The van der Waals surface area contributed by atoms with Crippen LogP contribution in [0.2, 0.25) is 5.02 Å². The molecule has 0 aliphatic heterocycles. The maximum absolute atomic E-state index is 11.4. The van der Waals surface area contributed by atoms with Crippen LogP contribution in [0.25, 0.3) is 22.0 Å². The van der Waals surface area contributed by atoms with Gasteiger partial charge in [-0.2, -0.15) is 5.26 Å². The van der Waals surface area contributed by atoms with Gasteiger partial charge >= 0.3 is 0 Å². The van der Waals surface area contributed by atoms with Crippen molar-refractivity contribution >= 4 is 34.1 Å². The van der Waals surface area contributed by atoms with Crippen LogP contribution in [0.5, 0.6) is 0 Å². The first kappa shape index (κ1) is 17.4. The Labute approximate surface area is 161 Å². The quantitative estimate of drug-likeness (QED) is 0.724. The largest absolute Gasteiger partial charge is 0.396 e. The van der Waals surface area contributed by atoms with E-state index in [1.165, 1.54) is 6.20 Å². The number of pyridine rings is 1. The van der Waals surface area contributed by atoms with E-state index >= 15 is 0 Å².